The molecule has 2 aromatic carbocycles. The maximum Gasteiger partial charge on any atom is 0.292 e. The number of thioether (sulfide) groups is 1. The number of carbonyl (C=O) groups excluding carboxylic acids is 1. The number of nitro benzene ring substituents is 1. The number of hydrogen-bond donors (Lipinski definition) is 1. The number of ether oxygens (including phenoxy) is 1. The highest BCUT2D eigenvalue weighted by atomic mass is 32.2. The molecule has 0 spiro atoms. The molecule has 0 aromatic heterocycles. The minimum absolute atomic E-state index is 0.108. The molecule has 0 fully saturated rings. The first kappa shape index (κ1) is 16.8. The summed E-state index contributed by atoms with van der Waals surface area (Å²) in [6.07, 6.45) is 0.267. The van der Waals surface area contributed by atoms with Crippen LogP contribution in [-0.4, -0.2) is 23.7 Å². The number of amides is 1. The molecule has 2 rings (SSSR count). The van der Waals surface area contributed by atoms with Crippen LogP contribution in [0.3, 0.4) is 0 Å². The Morgan fingerprint density at radius 2 is 1.91 bits per heavy atom. The van der Waals surface area contributed by atoms with Crippen molar-refractivity contribution in [2.75, 3.05) is 18.2 Å². The van der Waals surface area contributed by atoms with Crippen molar-refractivity contribution in [3.8, 4) is 5.75 Å². The van der Waals surface area contributed by atoms with Crippen LogP contribution in [0.25, 0.3) is 0 Å². The third-order valence-electron chi connectivity index (χ3n) is 3.03. The van der Waals surface area contributed by atoms with Crippen molar-refractivity contribution in [3.05, 3.63) is 58.6 Å². The highest BCUT2D eigenvalue weighted by molar-refractivity contribution is 7.99. The van der Waals surface area contributed by atoms with E-state index in [9.17, 15) is 14.9 Å². The fourth-order valence-corrected chi connectivity index (χ4v) is 2.74. The number of carbonyl (C=O) groups is 1. The molecule has 1 N–H and O–H groups in total. The minimum atomic E-state index is -0.512. The Balaban J connectivity index is 1.84. The lowest BCUT2D eigenvalue weighted by molar-refractivity contribution is -0.383. The molecule has 6 nitrogen and oxygen atoms in total. The first-order valence-electron chi connectivity index (χ1n) is 6.90. The lowest BCUT2D eigenvalue weighted by Gasteiger charge is -2.06. The highest BCUT2D eigenvalue weighted by Gasteiger charge is 2.14. The van der Waals surface area contributed by atoms with Gasteiger partial charge in [-0.1, -0.05) is 12.1 Å². The molecular weight excluding hydrogens is 316 g/mol. The van der Waals surface area contributed by atoms with Gasteiger partial charge in [0.25, 0.3) is 5.69 Å². The van der Waals surface area contributed by atoms with Gasteiger partial charge in [-0.3, -0.25) is 14.9 Å². The van der Waals surface area contributed by atoms with Gasteiger partial charge in [-0.05, 0) is 30.3 Å². The van der Waals surface area contributed by atoms with Gasteiger partial charge < -0.3 is 10.1 Å². The van der Waals surface area contributed by atoms with Crippen LogP contribution in [0.2, 0.25) is 0 Å². The molecule has 0 aliphatic carbocycles. The number of benzene rings is 2. The molecule has 0 radical (unpaired) electrons. The number of methoxy groups -OCH3 is 1. The van der Waals surface area contributed by atoms with E-state index in [1.165, 1.54) is 23.9 Å². The van der Waals surface area contributed by atoms with Gasteiger partial charge in [-0.15, -0.1) is 11.8 Å². The number of anilines is 1. The molecule has 2 aromatic rings. The molecule has 0 saturated heterocycles. The summed E-state index contributed by atoms with van der Waals surface area (Å²) in [5.74, 6) is 1.11. The monoisotopic (exact) mass is 332 g/mol. The van der Waals surface area contributed by atoms with E-state index in [1.54, 1.807) is 19.2 Å². The third kappa shape index (κ3) is 5.00. The zero-order valence-electron chi connectivity index (χ0n) is 12.5. The summed E-state index contributed by atoms with van der Waals surface area (Å²) in [5, 5.41) is 13.5. The molecule has 0 aliphatic heterocycles. The Morgan fingerprint density at radius 3 is 2.57 bits per heavy atom. The molecule has 0 saturated carbocycles. The number of rotatable bonds is 7. The van der Waals surface area contributed by atoms with Crippen molar-refractivity contribution in [2.24, 2.45) is 0 Å². The zero-order chi connectivity index (χ0) is 16.7. The lowest BCUT2D eigenvalue weighted by Crippen LogP contribution is -2.13. The normalized spacial score (nSPS) is 10.1. The maximum atomic E-state index is 11.9. The minimum Gasteiger partial charge on any atom is -0.497 e. The number of nitro groups is 1. The smallest absolute Gasteiger partial charge is 0.292 e. The number of nitrogens with one attached hydrogen (secondary N) is 1. The van der Waals surface area contributed by atoms with Crippen LogP contribution in [0, 0.1) is 10.1 Å². The van der Waals surface area contributed by atoms with Gasteiger partial charge in [0, 0.05) is 23.1 Å². The summed E-state index contributed by atoms with van der Waals surface area (Å²) in [6, 6.07) is 13.6. The van der Waals surface area contributed by atoms with Gasteiger partial charge in [0.1, 0.15) is 11.4 Å². The zero-order valence-corrected chi connectivity index (χ0v) is 13.3. The van der Waals surface area contributed by atoms with E-state index in [0.717, 1.165) is 10.6 Å². The van der Waals surface area contributed by atoms with Crippen molar-refractivity contribution in [2.45, 2.75) is 11.3 Å². The predicted octanol–water partition coefficient (Wildman–Crippen LogP) is 3.72. The average molecular weight is 332 g/mol. The quantitative estimate of drug-likeness (QED) is 0.475. The van der Waals surface area contributed by atoms with Crippen LogP contribution < -0.4 is 10.1 Å². The second-order valence-electron chi connectivity index (χ2n) is 4.60. The van der Waals surface area contributed by atoms with Gasteiger partial charge in [0.15, 0.2) is 0 Å². The summed E-state index contributed by atoms with van der Waals surface area (Å²) in [4.78, 5) is 23.3. The highest BCUT2D eigenvalue weighted by Crippen LogP contribution is 2.24. The summed E-state index contributed by atoms with van der Waals surface area (Å²) >= 11 is 1.54. The maximum absolute atomic E-state index is 11.9. The molecule has 1 amide bonds. The Labute approximate surface area is 138 Å². The summed E-state index contributed by atoms with van der Waals surface area (Å²) in [5.41, 5.74) is 0.112. The molecule has 120 valence electrons. The van der Waals surface area contributed by atoms with Gasteiger partial charge in [0.05, 0.1) is 12.0 Å². The first-order chi connectivity index (χ1) is 11.1. The molecule has 0 atom stereocenters. The Bertz CT molecular complexity index is 689. The standard InChI is InChI=1S/C16H16N2O4S/c1-22-12-6-8-13(9-7-12)23-11-10-16(19)17-14-4-2-3-5-15(14)18(20)21/h2-9H,10-11H2,1H3,(H,17,19). The van der Waals surface area contributed by atoms with Crippen molar-refractivity contribution < 1.29 is 14.5 Å². The summed E-state index contributed by atoms with van der Waals surface area (Å²) < 4.78 is 5.08. The van der Waals surface area contributed by atoms with Crippen molar-refractivity contribution in [3.63, 3.8) is 0 Å². The van der Waals surface area contributed by atoms with E-state index in [1.807, 2.05) is 24.3 Å². The number of para-hydroxylation sites is 2. The van der Waals surface area contributed by atoms with Crippen LogP contribution >= 0.6 is 11.8 Å². The van der Waals surface area contributed by atoms with Gasteiger partial charge >= 0.3 is 0 Å². The van der Waals surface area contributed by atoms with E-state index in [-0.39, 0.29) is 23.7 Å². The number of nitrogens with zero attached hydrogens (tertiary/aromatic N) is 1. The topological polar surface area (TPSA) is 81.5 Å². The largest absolute Gasteiger partial charge is 0.497 e. The molecule has 0 bridgehead atoms. The summed E-state index contributed by atoms with van der Waals surface area (Å²) in [7, 11) is 1.61. The molecule has 0 unspecified atom stereocenters. The van der Waals surface area contributed by atoms with E-state index in [0.29, 0.717) is 5.75 Å². The molecule has 0 heterocycles. The fraction of sp³-hybridized carbons (Fsp3) is 0.188. The Hall–Kier alpha value is -2.54. The van der Waals surface area contributed by atoms with Crippen LogP contribution in [-0.2, 0) is 4.79 Å². The first-order valence-corrected chi connectivity index (χ1v) is 7.89. The second kappa shape index (κ2) is 8.19. The predicted molar refractivity (Wildman–Crippen MR) is 90.1 cm³/mol. The van der Waals surface area contributed by atoms with Crippen LogP contribution in [0.4, 0.5) is 11.4 Å². The van der Waals surface area contributed by atoms with E-state index >= 15 is 0 Å². The van der Waals surface area contributed by atoms with Crippen LogP contribution in [0.15, 0.2) is 53.4 Å². The van der Waals surface area contributed by atoms with Crippen LogP contribution in [0.1, 0.15) is 6.42 Å². The number of hydrogen-bond acceptors (Lipinski definition) is 5. The average Bonchev–Trinajstić information content (AvgIpc) is 2.56. The Kier molecular flexibility index (Phi) is 5.99. The lowest BCUT2D eigenvalue weighted by atomic mass is 10.2. The van der Waals surface area contributed by atoms with E-state index in [4.69, 9.17) is 4.74 Å². The Morgan fingerprint density at radius 1 is 1.22 bits per heavy atom. The van der Waals surface area contributed by atoms with Crippen molar-refractivity contribution in [1.82, 2.24) is 0 Å². The van der Waals surface area contributed by atoms with Gasteiger partial charge in [-0.25, -0.2) is 0 Å². The molecule has 0 aliphatic rings. The second-order valence-corrected chi connectivity index (χ2v) is 5.76. The molecule has 23 heavy (non-hydrogen) atoms. The summed E-state index contributed by atoms with van der Waals surface area (Å²) in [6.45, 7) is 0. The van der Waals surface area contributed by atoms with Crippen molar-refractivity contribution >= 4 is 29.0 Å². The van der Waals surface area contributed by atoms with E-state index in [2.05, 4.69) is 5.32 Å². The van der Waals surface area contributed by atoms with Gasteiger partial charge in [-0.2, -0.15) is 0 Å². The SMILES string of the molecule is COc1ccc(SCCC(=O)Nc2ccccc2[N+](=O)[O-])cc1. The molecular formula is C16H16N2O4S. The van der Waals surface area contributed by atoms with Gasteiger partial charge in [0.2, 0.25) is 5.91 Å². The fourth-order valence-electron chi connectivity index (χ4n) is 1.88. The molecule has 7 heteroatoms. The van der Waals surface area contributed by atoms with Crippen molar-refractivity contribution in [1.29, 1.82) is 0 Å². The van der Waals surface area contributed by atoms with Crippen LogP contribution in [0.5, 0.6) is 5.75 Å². The third-order valence-corrected chi connectivity index (χ3v) is 4.05. The van der Waals surface area contributed by atoms with E-state index < -0.39 is 4.92 Å².